The van der Waals surface area contributed by atoms with Crippen molar-refractivity contribution in [1.82, 2.24) is 0 Å². The summed E-state index contributed by atoms with van der Waals surface area (Å²) in [6.07, 6.45) is 0. The van der Waals surface area contributed by atoms with Gasteiger partial charge in [-0.25, -0.2) is 0 Å². The molecule has 0 aliphatic heterocycles. The monoisotopic (exact) mass is 860 g/mol. The van der Waals surface area contributed by atoms with Gasteiger partial charge in [-0.05, 0) is 58.0 Å². The average Bonchev–Trinajstić information content (AvgIpc) is 3.81. The molecular formula is C52H48Cl2SiZr. The number of hydrogen-bond acceptors (Lipinski definition) is 0. The molecular weight excluding hydrogens is 815 g/mol. The molecule has 0 spiro atoms. The summed E-state index contributed by atoms with van der Waals surface area (Å²) in [6.45, 7) is 15.3. The average molecular weight is 863 g/mol. The van der Waals surface area contributed by atoms with Crippen LogP contribution in [0.15, 0.2) is 158 Å². The van der Waals surface area contributed by atoms with Crippen LogP contribution in [0.3, 0.4) is 0 Å². The Morgan fingerprint density at radius 2 is 0.964 bits per heavy atom. The predicted octanol–water partition coefficient (Wildman–Crippen LogP) is 16.6. The van der Waals surface area contributed by atoms with Crippen molar-refractivity contribution >= 4 is 69.6 Å². The van der Waals surface area contributed by atoms with Gasteiger partial charge in [0.05, 0.1) is 0 Å². The van der Waals surface area contributed by atoms with Crippen LogP contribution < -0.4 is 0 Å². The Balaban J connectivity index is 0.000000177. The molecule has 0 N–H and O–H groups in total. The summed E-state index contributed by atoms with van der Waals surface area (Å²) >= 11 is -0.826. The molecule has 0 aliphatic carbocycles. The summed E-state index contributed by atoms with van der Waals surface area (Å²) in [5, 5.41) is 10.5. The second-order valence-electron chi connectivity index (χ2n) is 14.8. The first kappa shape index (κ1) is 41.6. The Labute approximate surface area is 354 Å². The molecule has 0 aliphatic rings. The second kappa shape index (κ2) is 19.4. The van der Waals surface area contributed by atoms with Gasteiger partial charge in [-0.1, -0.05) is 177 Å². The van der Waals surface area contributed by atoms with Crippen LogP contribution in [-0.4, -0.2) is 9.52 Å². The van der Waals surface area contributed by atoms with Gasteiger partial charge in [-0.3, -0.25) is 0 Å². The molecule has 0 saturated carbocycles. The molecule has 0 amide bonds. The van der Waals surface area contributed by atoms with E-state index in [-0.39, 0.29) is 0 Å². The molecule has 0 nitrogen and oxygen atoms in total. The van der Waals surface area contributed by atoms with Crippen molar-refractivity contribution in [1.29, 1.82) is 0 Å². The van der Waals surface area contributed by atoms with Crippen molar-refractivity contribution in [2.45, 2.75) is 53.6 Å². The topological polar surface area (TPSA) is 0 Å². The third-order valence-corrected chi connectivity index (χ3v) is 10.1. The maximum absolute atomic E-state index is 4.93. The normalized spacial score (nSPS) is 10.8. The van der Waals surface area contributed by atoms with E-state index in [1.54, 1.807) is 0 Å². The molecule has 0 fully saturated rings. The van der Waals surface area contributed by atoms with Crippen LogP contribution in [0, 0.1) is 20.8 Å². The summed E-state index contributed by atoms with van der Waals surface area (Å²) < 4.78 is 0. The molecule has 4 heteroatoms. The Morgan fingerprint density at radius 1 is 0.482 bits per heavy atom. The number of benzene rings is 7. The van der Waals surface area contributed by atoms with Gasteiger partial charge in [0, 0.05) is 9.52 Å². The fourth-order valence-electron chi connectivity index (χ4n) is 7.76. The SMILES string of the molecule is C[Si]C.Cc1cc(C)cc(-c2cccc3[cH-]c(C(C)C)cc23)c1.Cc1cc2c(-c3cccc4ccccc34)cc(-c3cccc4ccccc34)cc2[cH-]1.[Cl][Zr+2][Cl]. The van der Waals surface area contributed by atoms with Gasteiger partial charge in [0.1, 0.15) is 0 Å². The Bertz CT molecular complexity index is 2680. The molecule has 0 heterocycles. The minimum atomic E-state index is -0.826. The summed E-state index contributed by atoms with van der Waals surface area (Å²) in [5.74, 6) is 0.578. The zero-order valence-electron chi connectivity index (χ0n) is 33.3. The zero-order chi connectivity index (χ0) is 39.8. The summed E-state index contributed by atoms with van der Waals surface area (Å²) in [4.78, 5) is 0. The number of rotatable bonds is 4. The van der Waals surface area contributed by atoms with Crippen LogP contribution in [0.1, 0.15) is 42.0 Å². The van der Waals surface area contributed by atoms with E-state index in [0.717, 1.165) is 9.52 Å². The van der Waals surface area contributed by atoms with Crippen molar-refractivity contribution in [3.63, 3.8) is 0 Å². The molecule has 278 valence electrons. The third-order valence-electron chi connectivity index (χ3n) is 10.1. The first-order valence-corrected chi connectivity index (χ1v) is 27.5. The van der Waals surface area contributed by atoms with E-state index in [2.05, 4.69) is 205 Å². The van der Waals surface area contributed by atoms with Gasteiger partial charge in [0.15, 0.2) is 0 Å². The van der Waals surface area contributed by atoms with Crippen LogP contribution in [0.4, 0.5) is 0 Å². The van der Waals surface area contributed by atoms with Gasteiger partial charge in [0.2, 0.25) is 0 Å². The molecule has 0 unspecified atom stereocenters. The van der Waals surface area contributed by atoms with Crippen LogP contribution in [-0.2, 0) is 20.8 Å². The van der Waals surface area contributed by atoms with Gasteiger partial charge >= 0.3 is 37.9 Å². The van der Waals surface area contributed by atoms with Crippen molar-refractivity contribution in [2.24, 2.45) is 0 Å². The van der Waals surface area contributed by atoms with Crippen molar-refractivity contribution in [3.05, 3.63) is 180 Å². The fourth-order valence-corrected chi connectivity index (χ4v) is 7.76. The van der Waals surface area contributed by atoms with E-state index in [1.165, 1.54) is 98.7 Å². The van der Waals surface area contributed by atoms with E-state index in [4.69, 9.17) is 17.0 Å². The summed E-state index contributed by atoms with van der Waals surface area (Å²) in [5.41, 5.74) is 13.2. The van der Waals surface area contributed by atoms with Crippen LogP contribution in [0.25, 0.3) is 76.5 Å². The van der Waals surface area contributed by atoms with Gasteiger partial charge in [-0.15, -0.1) is 63.0 Å². The van der Waals surface area contributed by atoms with Crippen LogP contribution in [0.2, 0.25) is 13.1 Å². The van der Waals surface area contributed by atoms with Crippen molar-refractivity contribution in [3.8, 4) is 33.4 Å². The standard InChI is InChI=1S/C30H21.C20H21.C2H6Si.2ClH.Zr/c1-20-16-23-18-24(27-14-6-10-21-8-2-4-12-25(21)27)19-30(29(23)17-20)28-15-7-11-22-9-3-5-13-26(22)28;1-13(2)17-11-16-6-5-7-19(20(16)12-17)18-9-14(3)8-15(4)10-18;1-3-2;;;/h2-19H,1H3;5-13H,1-4H3;1-2H3;2*1H;/q2*-1;;;;+4/p-2. The fraction of sp³-hybridized carbons (Fsp3) is 0.154. The molecule has 9 aromatic rings. The number of aryl methyl sites for hydroxylation is 3. The maximum atomic E-state index is 4.93. The Kier molecular flexibility index (Phi) is 14.4. The molecule has 9 aromatic carbocycles. The van der Waals surface area contributed by atoms with Gasteiger partial charge in [0.25, 0.3) is 0 Å². The Hall–Kier alpha value is -4.04. The summed E-state index contributed by atoms with van der Waals surface area (Å²) in [7, 11) is 11.0. The Morgan fingerprint density at radius 3 is 1.57 bits per heavy atom. The molecule has 9 rings (SSSR count). The second-order valence-corrected chi connectivity index (χ2v) is 19.5. The number of hydrogen-bond donors (Lipinski definition) is 0. The van der Waals surface area contributed by atoms with E-state index in [9.17, 15) is 0 Å². The number of halogens is 2. The zero-order valence-corrected chi connectivity index (χ0v) is 38.3. The molecule has 0 saturated heterocycles. The predicted molar refractivity (Wildman–Crippen MR) is 248 cm³/mol. The molecule has 0 aromatic heterocycles. The molecule has 0 bridgehead atoms. The van der Waals surface area contributed by atoms with Crippen molar-refractivity contribution < 1.29 is 20.8 Å². The minimum absolute atomic E-state index is 0.578. The van der Waals surface area contributed by atoms with Gasteiger partial charge in [-0.2, -0.15) is 12.1 Å². The summed E-state index contributed by atoms with van der Waals surface area (Å²) in [6, 6.07) is 58.0. The van der Waals surface area contributed by atoms with E-state index < -0.39 is 20.8 Å². The molecule has 0 atom stereocenters. The van der Waals surface area contributed by atoms with Crippen molar-refractivity contribution in [2.75, 3.05) is 0 Å². The quantitative estimate of drug-likeness (QED) is 0.122. The van der Waals surface area contributed by atoms with E-state index >= 15 is 0 Å². The van der Waals surface area contributed by atoms with E-state index in [1.807, 2.05) is 0 Å². The van der Waals surface area contributed by atoms with Gasteiger partial charge < -0.3 is 0 Å². The molecule has 56 heavy (non-hydrogen) atoms. The first-order chi connectivity index (χ1) is 27.1. The number of fused-ring (bicyclic) bond motifs is 4. The van der Waals surface area contributed by atoms with E-state index in [0.29, 0.717) is 5.92 Å². The first-order valence-electron chi connectivity index (χ1n) is 19.2. The van der Waals surface area contributed by atoms with Crippen LogP contribution >= 0.6 is 17.0 Å². The van der Waals surface area contributed by atoms with Crippen LogP contribution in [0.5, 0.6) is 0 Å². The molecule has 2 radical (unpaired) electrons. The third kappa shape index (κ3) is 9.55.